The lowest BCUT2D eigenvalue weighted by Crippen LogP contribution is -2.21. The number of halogens is 1. The molecule has 0 fully saturated rings. The molecule has 0 radical (unpaired) electrons. The number of methoxy groups -OCH3 is 1. The molecule has 1 heterocycles. The van der Waals surface area contributed by atoms with Crippen LogP contribution in [0.3, 0.4) is 0 Å². The van der Waals surface area contributed by atoms with Gasteiger partial charge >= 0.3 is 0 Å². The molecule has 1 aliphatic heterocycles. The van der Waals surface area contributed by atoms with Gasteiger partial charge in [0.1, 0.15) is 0 Å². The summed E-state index contributed by atoms with van der Waals surface area (Å²) in [6, 6.07) is 4.10. The molecule has 0 aliphatic carbocycles. The third kappa shape index (κ3) is 1.56. The summed E-state index contributed by atoms with van der Waals surface area (Å²) < 4.78 is 11.9. The summed E-state index contributed by atoms with van der Waals surface area (Å²) in [4.78, 5) is 0. The lowest BCUT2D eigenvalue weighted by molar-refractivity contribution is 0.252. The first-order chi connectivity index (χ1) is 6.74. The fourth-order valence-electron chi connectivity index (χ4n) is 1.63. The van der Waals surface area contributed by atoms with Crippen molar-refractivity contribution in [3.63, 3.8) is 0 Å². The maximum atomic E-state index is 5.98. The van der Waals surface area contributed by atoms with E-state index < -0.39 is 0 Å². The number of rotatable bonds is 1. The Kier molecular flexibility index (Phi) is 2.83. The molecule has 0 aromatic heterocycles. The number of benzene rings is 1. The largest absolute Gasteiger partial charge is 0.492 e. The second-order valence-corrected chi connectivity index (χ2v) is 4.40. The minimum Gasteiger partial charge on any atom is -0.492 e. The van der Waals surface area contributed by atoms with Crippen LogP contribution in [-0.2, 0) is 0 Å². The van der Waals surface area contributed by atoms with Crippen molar-refractivity contribution in [3.8, 4) is 11.5 Å². The first-order valence-corrected chi connectivity index (χ1v) is 5.56. The van der Waals surface area contributed by atoms with E-state index in [0.717, 1.165) is 27.1 Å². The minimum atomic E-state index is 0.0737. The molecular formula is C10H12INO2. The van der Waals surface area contributed by atoms with Crippen molar-refractivity contribution >= 4 is 22.6 Å². The van der Waals surface area contributed by atoms with Gasteiger partial charge in [-0.25, -0.2) is 0 Å². The molecule has 14 heavy (non-hydrogen) atoms. The first kappa shape index (κ1) is 10.0. The quantitative estimate of drug-likeness (QED) is 0.808. The van der Waals surface area contributed by atoms with Gasteiger partial charge in [-0.3, -0.25) is 0 Å². The summed E-state index contributed by atoms with van der Waals surface area (Å²) in [7, 11) is 1.65. The molecule has 76 valence electrons. The molecule has 1 aliphatic rings. The highest BCUT2D eigenvalue weighted by Crippen LogP contribution is 2.41. The molecule has 1 aromatic rings. The number of fused-ring (bicyclic) bond motifs is 1. The van der Waals surface area contributed by atoms with E-state index in [1.54, 1.807) is 7.11 Å². The fourth-order valence-corrected chi connectivity index (χ4v) is 2.27. The molecule has 4 heteroatoms. The highest BCUT2D eigenvalue weighted by molar-refractivity contribution is 14.1. The van der Waals surface area contributed by atoms with Gasteiger partial charge in [-0.1, -0.05) is 6.07 Å². The Balaban J connectivity index is 2.55. The molecule has 1 atom stereocenters. The van der Waals surface area contributed by atoms with Crippen LogP contribution >= 0.6 is 22.6 Å². The predicted molar refractivity (Wildman–Crippen MR) is 62.8 cm³/mol. The van der Waals surface area contributed by atoms with Crippen molar-refractivity contribution in [2.45, 2.75) is 12.5 Å². The minimum absolute atomic E-state index is 0.0737. The SMILES string of the molecule is COc1c(I)ccc2c1OCC[C@@H]2N. The van der Waals surface area contributed by atoms with E-state index in [1.165, 1.54) is 0 Å². The number of hydrogen-bond donors (Lipinski definition) is 1. The number of hydrogen-bond acceptors (Lipinski definition) is 3. The zero-order valence-corrected chi connectivity index (χ0v) is 10.1. The van der Waals surface area contributed by atoms with Crippen molar-refractivity contribution in [2.24, 2.45) is 5.73 Å². The Morgan fingerprint density at radius 2 is 2.36 bits per heavy atom. The van der Waals surface area contributed by atoms with Crippen LogP contribution in [0, 0.1) is 3.57 Å². The van der Waals surface area contributed by atoms with E-state index in [0.29, 0.717) is 6.61 Å². The molecule has 0 amide bonds. The zero-order valence-electron chi connectivity index (χ0n) is 7.92. The van der Waals surface area contributed by atoms with E-state index in [9.17, 15) is 0 Å². The summed E-state index contributed by atoms with van der Waals surface area (Å²) in [6.07, 6.45) is 0.872. The molecule has 0 bridgehead atoms. The highest BCUT2D eigenvalue weighted by Gasteiger charge is 2.22. The Hall–Kier alpha value is -0.490. The Bertz CT molecular complexity index is 354. The van der Waals surface area contributed by atoms with Crippen LogP contribution in [0.1, 0.15) is 18.0 Å². The molecule has 2 rings (SSSR count). The highest BCUT2D eigenvalue weighted by atomic mass is 127. The van der Waals surface area contributed by atoms with Gasteiger partial charge in [0, 0.05) is 18.0 Å². The first-order valence-electron chi connectivity index (χ1n) is 4.49. The molecule has 2 N–H and O–H groups in total. The second kappa shape index (κ2) is 3.94. The molecular weight excluding hydrogens is 293 g/mol. The Morgan fingerprint density at radius 1 is 1.57 bits per heavy atom. The number of nitrogens with two attached hydrogens (primary N) is 1. The van der Waals surface area contributed by atoms with Crippen LogP contribution in [0.5, 0.6) is 11.5 Å². The third-order valence-corrected chi connectivity index (χ3v) is 3.22. The van der Waals surface area contributed by atoms with Gasteiger partial charge in [0.15, 0.2) is 11.5 Å². The van der Waals surface area contributed by atoms with Gasteiger partial charge in [0.25, 0.3) is 0 Å². The van der Waals surface area contributed by atoms with E-state index in [4.69, 9.17) is 15.2 Å². The molecule has 1 aromatic carbocycles. The van der Waals surface area contributed by atoms with Gasteiger partial charge in [-0.05, 0) is 28.7 Å². The molecule has 0 saturated carbocycles. The smallest absolute Gasteiger partial charge is 0.174 e. The summed E-state index contributed by atoms with van der Waals surface area (Å²) in [5.41, 5.74) is 7.03. The van der Waals surface area contributed by atoms with Gasteiger partial charge < -0.3 is 15.2 Å². The zero-order chi connectivity index (χ0) is 10.1. The molecule has 0 spiro atoms. The van der Waals surface area contributed by atoms with Gasteiger partial charge in [-0.15, -0.1) is 0 Å². The van der Waals surface area contributed by atoms with Crippen LogP contribution in [-0.4, -0.2) is 13.7 Å². The lowest BCUT2D eigenvalue weighted by Gasteiger charge is -2.24. The fraction of sp³-hybridized carbons (Fsp3) is 0.400. The summed E-state index contributed by atoms with van der Waals surface area (Å²) in [5.74, 6) is 1.62. The van der Waals surface area contributed by atoms with E-state index in [-0.39, 0.29) is 6.04 Å². The summed E-state index contributed by atoms with van der Waals surface area (Å²) >= 11 is 2.23. The normalized spacial score (nSPS) is 19.8. The van der Waals surface area contributed by atoms with Crippen LogP contribution in [0.4, 0.5) is 0 Å². The van der Waals surface area contributed by atoms with E-state index in [2.05, 4.69) is 22.6 Å². The average molecular weight is 305 g/mol. The van der Waals surface area contributed by atoms with Gasteiger partial charge in [0.05, 0.1) is 17.3 Å². The monoisotopic (exact) mass is 305 g/mol. The predicted octanol–water partition coefficient (Wildman–Crippen LogP) is 2.08. The topological polar surface area (TPSA) is 44.5 Å². The van der Waals surface area contributed by atoms with Crippen molar-refractivity contribution in [3.05, 3.63) is 21.3 Å². The van der Waals surface area contributed by atoms with Gasteiger partial charge in [-0.2, -0.15) is 0 Å². The van der Waals surface area contributed by atoms with Crippen LogP contribution in [0.2, 0.25) is 0 Å². The summed E-state index contributed by atoms with van der Waals surface area (Å²) in [5, 5.41) is 0. The lowest BCUT2D eigenvalue weighted by atomic mass is 10.0. The second-order valence-electron chi connectivity index (χ2n) is 3.24. The maximum Gasteiger partial charge on any atom is 0.174 e. The summed E-state index contributed by atoms with van der Waals surface area (Å²) in [6.45, 7) is 0.671. The standard InChI is InChI=1S/C10H12INO2/c1-13-10-7(11)3-2-6-8(12)4-5-14-9(6)10/h2-3,8H,4-5,12H2,1H3/t8-/m0/s1. The van der Waals surface area contributed by atoms with Crippen LogP contribution < -0.4 is 15.2 Å². The van der Waals surface area contributed by atoms with Crippen molar-refractivity contribution < 1.29 is 9.47 Å². The molecule has 0 unspecified atom stereocenters. The van der Waals surface area contributed by atoms with Crippen molar-refractivity contribution in [1.29, 1.82) is 0 Å². The van der Waals surface area contributed by atoms with Crippen LogP contribution in [0.15, 0.2) is 12.1 Å². The molecule has 0 saturated heterocycles. The maximum absolute atomic E-state index is 5.98. The van der Waals surface area contributed by atoms with Crippen molar-refractivity contribution in [1.82, 2.24) is 0 Å². The van der Waals surface area contributed by atoms with Crippen molar-refractivity contribution in [2.75, 3.05) is 13.7 Å². The Morgan fingerprint density at radius 3 is 3.07 bits per heavy atom. The van der Waals surface area contributed by atoms with Crippen LogP contribution in [0.25, 0.3) is 0 Å². The molecule has 3 nitrogen and oxygen atoms in total. The average Bonchev–Trinajstić information content (AvgIpc) is 2.18. The van der Waals surface area contributed by atoms with E-state index in [1.807, 2.05) is 12.1 Å². The van der Waals surface area contributed by atoms with E-state index >= 15 is 0 Å². The van der Waals surface area contributed by atoms with Gasteiger partial charge in [0.2, 0.25) is 0 Å². The Labute approximate surface area is 96.7 Å². The third-order valence-electron chi connectivity index (χ3n) is 2.37. The number of ether oxygens (including phenoxy) is 2.